The maximum Gasteiger partial charge on any atom is 0.0448 e. The minimum absolute atomic E-state index is 0.0971. The third-order valence-corrected chi connectivity index (χ3v) is 4.94. The Morgan fingerprint density at radius 3 is 2.00 bits per heavy atom. The number of hydrogen-bond acceptors (Lipinski definition) is 1. The predicted molar refractivity (Wildman–Crippen MR) is 115 cm³/mol. The average molecular weight is 340 g/mol. The average Bonchev–Trinajstić information content (AvgIpc) is 2.88. The SMILES string of the molecule is CC.CC.CCN(CC)c1cccc2c1-c1ccc(C)cc1C2(C)C. The molecule has 0 spiro atoms. The Morgan fingerprint density at radius 2 is 1.44 bits per heavy atom. The number of nitrogens with zero attached hydrogens (tertiary/aromatic N) is 1. The second kappa shape index (κ2) is 9.08. The van der Waals surface area contributed by atoms with Crippen LogP contribution in [0.2, 0.25) is 0 Å². The van der Waals surface area contributed by atoms with Crippen molar-refractivity contribution >= 4 is 5.69 Å². The second-order valence-corrected chi connectivity index (χ2v) is 6.55. The second-order valence-electron chi connectivity index (χ2n) is 6.55. The highest BCUT2D eigenvalue weighted by Crippen LogP contribution is 2.52. The van der Waals surface area contributed by atoms with Crippen LogP contribution in [0.15, 0.2) is 36.4 Å². The smallest absolute Gasteiger partial charge is 0.0448 e. The summed E-state index contributed by atoms with van der Waals surface area (Å²) >= 11 is 0. The summed E-state index contributed by atoms with van der Waals surface area (Å²) < 4.78 is 0. The zero-order valence-electron chi connectivity index (χ0n) is 17.8. The minimum Gasteiger partial charge on any atom is -0.372 e. The van der Waals surface area contributed by atoms with Gasteiger partial charge in [-0.1, -0.05) is 77.4 Å². The van der Waals surface area contributed by atoms with E-state index >= 15 is 0 Å². The van der Waals surface area contributed by atoms with Crippen LogP contribution in [0.25, 0.3) is 11.1 Å². The van der Waals surface area contributed by atoms with E-state index in [2.05, 4.69) is 75.9 Å². The van der Waals surface area contributed by atoms with Gasteiger partial charge in [0.2, 0.25) is 0 Å². The summed E-state index contributed by atoms with van der Waals surface area (Å²) in [6, 6.07) is 13.7. The molecule has 0 heterocycles. The maximum absolute atomic E-state index is 2.46. The number of aryl methyl sites for hydroxylation is 1. The van der Waals surface area contributed by atoms with Gasteiger partial charge in [-0.15, -0.1) is 0 Å². The molecule has 0 fully saturated rings. The fourth-order valence-corrected chi connectivity index (χ4v) is 3.71. The van der Waals surface area contributed by atoms with Crippen molar-refractivity contribution in [3.05, 3.63) is 53.1 Å². The Labute approximate surface area is 156 Å². The monoisotopic (exact) mass is 339 g/mol. The van der Waals surface area contributed by atoms with E-state index in [0.29, 0.717) is 0 Å². The summed E-state index contributed by atoms with van der Waals surface area (Å²) in [4.78, 5) is 2.46. The minimum atomic E-state index is 0.0971. The van der Waals surface area contributed by atoms with E-state index < -0.39 is 0 Å². The van der Waals surface area contributed by atoms with E-state index in [0.717, 1.165) is 13.1 Å². The van der Waals surface area contributed by atoms with Gasteiger partial charge in [-0.2, -0.15) is 0 Å². The van der Waals surface area contributed by atoms with Gasteiger partial charge in [-0.05, 0) is 43.5 Å². The molecule has 2 aromatic carbocycles. The summed E-state index contributed by atoms with van der Waals surface area (Å²) in [6.07, 6.45) is 0. The first kappa shape index (κ1) is 21.3. The van der Waals surface area contributed by atoms with E-state index in [1.54, 1.807) is 0 Å². The van der Waals surface area contributed by atoms with Crippen LogP contribution in [-0.4, -0.2) is 13.1 Å². The molecule has 0 bridgehead atoms. The molecule has 0 saturated carbocycles. The largest absolute Gasteiger partial charge is 0.372 e. The Morgan fingerprint density at radius 1 is 0.840 bits per heavy atom. The van der Waals surface area contributed by atoms with Crippen LogP contribution >= 0.6 is 0 Å². The third-order valence-electron chi connectivity index (χ3n) is 4.94. The topological polar surface area (TPSA) is 3.24 Å². The summed E-state index contributed by atoms with van der Waals surface area (Å²) in [5, 5.41) is 0. The highest BCUT2D eigenvalue weighted by atomic mass is 15.1. The van der Waals surface area contributed by atoms with Crippen LogP contribution in [0.5, 0.6) is 0 Å². The van der Waals surface area contributed by atoms with Gasteiger partial charge in [-0.3, -0.25) is 0 Å². The van der Waals surface area contributed by atoms with Crippen molar-refractivity contribution in [2.45, 2.75) is 67.7 Å². The first-order chi connectivity index (χ1) is 12.0. The molecule has 0 unspecified atom stereocenters. The van der Waals surface area contributed by atoms with E-state index in [1.165, 1.54) is 33.5 Å². The number of rotatable bonds is 3. The van der Waals surface area contributed by atoms with Crippen LogP contribution in [0.1, 0.15) is 72.1 Å². The molecule has 0 saturated heterocycles. The van der Waals surface area contributed by atoms with Crippen molar-refractivity contribution in [2.75, 3.05) is 18.0 Å². The molecule has 3 rings (SSSR count). The van der Waals surface area contributed by atoms with Gasteiger partial charge in [0.05, 0.1) is 0 Å². The summed E-state index contributed by atoms with van der Waals surface area (Å²) in [6.45, 7) is 21.5. The van der Waals surface area contributed by atoms with Crippen molar-refractivity contribution < 1.29 is 0 Å². The molecule has 0 atom stereocenters. The Kier molecular flexibility index (Phi) is 7.73. The molecule has 0 amide bonds. The molecule has 0 aromatic heterocycles. The molecule has 138 valence electrons. The quantitative estimate of drug-likeness (QED) is 0.571. The van der Waals surface area contributed by atoms with Gasteiger partial charge >= 0.3 is 0 Å². The zero-order chi connectivity index (χ0) is 19.2. The number of benzene rings is 2. The summed E-state index contributed by atoms with van der Waals surface area (Å²) in [7, 11) is 0. The van der Waals surface area contributed by atoms with Gasteiger partial charge in [-0.25, -0.2) is 0 Å². The molecule has 1 nitrogen and oxygen atoms in total. The van der Waals surface area contributed by atoms with E-state index in [-0.39, 0.29) is 5.41 Å². The Hall–Kier alpha value is -1.76. The first-order valence-electron chi connectivity index (χ1n) is 10.0. The van der Waals surface area contributed by atoms with Crippen LogP contribution in [-0.2, 0) is 5.41 Å². The van der Waals surface area contributed by atoms with E-state index in [1.807, 2.05) is 27.7 Å². The normalized spacial score (nSPS) is 12.8. The molecule has 25 heavy (non-hydrogen) atoms. The lowest BCUT2D eigenvalue weighted by Crippen LogP contribution is -2.23. The Bertz CT molecular complexity index is 678. The number of hydrogen-bond donors (Lipinski definition) is 0. The molecule has 1 heteroatoms. The first-order valence-corrected chi connectivity index (χ1v) is 10.0. The molecule has 1 aliphatic carbocycles. The fraction of sp³-hybridized carbons (Fsp3) is 0.500. The van der Waals surface area contributed by atoms with Crippen molar-refractivity contribution in [1.29, 1.82) is 0 Å². The molecule has 1 aliphatic rings. The lowest BCUT2D eigenvalue weighted by atomic mass is 9.82. The molecular weight excluding hydrogens is 302 g/mol. The van der Waals surface area contributed by atoms with Crippen molar-refractivity contribution in [3.8, 4) is 11.1 Å². The fourth-order valence-electron chi connectivity index (χ4n) is 3.71. The van der Waals surface area contributed by atoms with Gasteiger partial charge < -0.3 is 4.90 Å². The predicted octanol–water partition coefficient (Wildman–Crippen LogP) is 7.20. The standard InChI is InChI=1S/C20H25N.2C2H6/c1-6-21(7-2)18-10-8-9-16-19(18)15-12-11-14(3)13-17(15)20(16,4)5;2*1-2/h8-13H,6-7H2,1-5H3;2*1-2H3. The maximum atomic E-state index is 2.46. The van der Waals surface area contributed by atoms with Gasteiger partial charge in [0.15, 0.2) is 0 Å². The van der Waals surface area contributed by atoms with Gasteiger partial charge in [0, 0.05) is 29.8 Å². The lowest BCUT2D eigenvalue weighted by Gasteiger charge is -2.26. The molecular formula is C24H37N. The number of anilines is 1. The highest BCUT2D eigenvalue weighted by Gasteiger charge is 2.37. The van der Waals surface area contributed by atoms with Crippen molar-refractivity contribution in [1.82, 2.24) is 0 Å². The molecule has 0 radical (unpaired) electrons. The highest BCUT2D eigenvalue weighted by molar-refractivity contribution is 5.90. The Balaban J connectivity index is 0.000000730. The van der Waals surface area contributed by atoms with E-state index in [4.69, 9.17) is 0 Å². The molecule has 2 aromatic rings. The summed E-state index contributed by atoms with van der Waals surface area (Å²) in [5.74, 6) is 0. The summed E-state index contributed by atoms with van der Waals surface area (Å²) in [5.41, 5.74) is 8.63. The van der Waals surface area contributed by atoms with Crippen LogP contribution in [0, 0.1) is 6.92 Å². The lowest BCUT2D eigenvalue weighted by molar-refractivity contribution is 0.659. The van der Waals surface area contributed by atoms with Gasteiger partial charge in [0.1, 0.15) is 0 Å². The van der Waals surface area contributed by atoms with Crippen LogP contribution in [0.3, 0.4) is 0 Å². The van der Waals surface area contributed by atoms with Crippen molar-refractivity contribution in [2.24, 2.45) is 0 Å². The zero-order valence-corrected chi connectivity index (χ0v) is 17.8. The number of fused-ring (bicyclic) bond motifs is 3. The van der Waals surface area contributed by atoms with Crippen LogP contribution in [0.4, 0.5) is 5.69 Å². The van der Waals surface area contributed by atoms with Gasteiger partial charge in [0.25, 0.3) is 0 Å². The van der Waals surface area contributed by atoms with Crippen LogP contribution < -0.4 is 4.90 Å². The molecule has 0 N–H and O–H groups in total. The van der Waals surface area contributed by atoms with E-state index in [9.17, 15) is 0 Å². The third kappa shape index (κ3) is 3.76. The van der Waals surface area contributed by atoms with Crippen molar-refractivity contribution in [3.63, 3.8) is 0 Å². The molecule has 0 aliphatic heterocycles.